The third-order valence-corrected chi connectivity index (χ3v) is 3.11. The van der Waals surface area contributed by atoms with Gasteiger partial charge in [-0.15, -0.1) is 0 Å². The molecule has 1 heterocycles. The molecule has 0 bridgehead atoms. The van der Waals surface area contributed by atoms with E-state index in [1.807, 2.05) is 19.1 Å². The molecule has 0 saturated carbocycles. The van der Waals surface area contributed by atoms with Crippen molar-refractivity contribution in [3.63, 3.8) is 0 Å². The molecule has 0 atom stereocenters. The van der Waals surface area contributed by atoms with Crippen molar-refractivity contribution in [1.29, 1.82) is 0 Å². The van der Waals surface area contributed by atoms with Crippen LogP contribution in [0.3, 0.4) is 0 Å². The van der Waals surface area contributed by atoms with Crippen LogP contribution in [0.1, 0.15) is 5.56 Å². The highest BCUT2D eigenvalue weighted by Gasteiger charge is 2.16. The summed E-state index contributed by atoms with van der Waals surface area (Å²) in [7, 11) is 1.50. The fourth-order valence-electron chi connectivity index (χ4n) is 2.05. The second-order valence-electron chi connectivity index (χ2n) is 4.42. The molecule has 0 aliphatic heterocycles. The first kappa shape index (κ1) is 14.1. The van der Waals surface area contributed by atoms with Gasteiger partial charge >= 0.3 is 5.69 Å². The molecule has 6 nitrogen and oxygen atoms in total. The molecule has 0 aliphatic carbocycles. The molecule has 20 heavy (non-hydrogen) atoms. The molecule has 0 spiro atoms. The maximum atomic E-state index is 12.0. The van der Waals surface area contributed by atoms with E-state index < -0.39 is 11.2 Å². The lowest BCUT2D eigenvalue weighted by molar-refractivity contribution is 0.182. The van der Waals surface area contributed by atoms with E-state index in [0.29, 0.717) is 5.56 Å². The van der Waals surface area contributed by atoms with Gasteiger partial charge in [-0.2, -0.15) is 0 Å². The lowest BCUT2D eigenvalue weighted by Gasteiger charge is -2.12. The SMILES string of the molecule is COCCn1c(O)c(-c2ccccc2C)c(=O)[nH]c1=O. The maximum absolute atomic E-state index is 12.0. The van der Waals surface area contributed by atoms with Gasteiger partial charge in [0.2, 0.25) is 5.88 Å². The van der Waals surface area contributed by atoms with Gasteiger partial charge < -0.3 is 9.84 Å². The molecule has 0 unspecified atom stereocenters. The molecule has 6 heteroatoms. The fourth-order valence-corrected chi connectivity index (χ4v) is 2.05. The number of aromatic hydroxyl groups is 1. The zero-order valence-electron chi connectivity index (χ0n) is 11.3. The van der Waals surface area contributed by atoms with Crippen molar-refractivity contribution in [2.45, 2.75) is 13.5 Å². The third kappa shape index (κ3) is 2.50. The third-order valence-electron chi connectivity index (χ3n) is 3.11. The minimum atomic E-state index is -0.651. The minimum Gasteiger partial charge on any atom is -0.494 e. The first-order chi connectivity index (χ1) is 9.56. The number of nitrogens with one attached hydrogen (secondary N) is 1. The van der Waals surface area contributed by atoms with Gasteiger partial charge in [-0.3, -0.25) is 14.3 Å². The van der Waals surface area contributed by atoms with E-state index in [-0.39, 0.29) is 24.6 Å². The van der Waals surface area contributed by atoms with E-state index in [1.165, 1.54) is 7.11 Å². The fraction of sp³-hybridized carbons (Fsp3) is 0.286. The van der Waals surface area contributed by atoms with Crippen LogP contribution in [0.4, 0.5) is 0 Å². The number of benzene rings is 1. The number of ether oxygens (including phenoxy) is 1. The number of rotatable bonds is 4. The zero-order valence-corrected chi connectivity index (χ0v) is 11.3. The van der Waals surface area contributed by atoms with Crippen LogP contribution in [0.15, 0.2) is 33.9 Å². The van der Waals surface area contributed by atoms with Gasteiger partial charge in [-0.25, -0.2) is 4.79 Å². The Morgan fingerprint density at radius 3 is 2.65 bits per heavy atom. The van der Waals surface area contributed by atoms with E-state index >= 15 is 0 Å². The quantitative estimate of drug-likeness (QED) is 0.867. The molecule has 2 aromatic rings. The lowest BCUT2D eigenvalue weighted by Crippen LogP contribution is -2.32. The van der Waals surface area contributed by atoms with E-state index in [4.69, 9.17) is 4.74 Å². The monoisotopic (exact) mass is 276 g/mol. The predicted octanol–water partition coefficient (Wildman–Crippen LogP) is 0.864. The molecule has 0 aliphatic rings. The Balaban J connectivity index is 2.68. The molecule has 0 fully saturated rings. The average Bonchev–Trinajstić information content (AvgIpc) is 2.40. The summed E-state index contributed by atoms with van der Waals surface area (Å²) < 4.78 is 5.98. The van der Waals surface area contributed by atoms with Gasteiger partial charge in [0.25, 0.3) is 5.56 Å². The van der Waals surface area contributed by atoms with E-state index in [9.17, 15) is 14.7 Å². The van der Waals surface area contributed by atoms with E-state index in [2.05, 4.69) is 4.98 Å². The molecule has 106 valence electrons. The Morgan fingerprint density at radius 1 is 1.30 bits per heavy atom. The average molecular weight is 276 g/mol. The van der Waals surface area contributed by atoms with Crippen LogP contribution in [-0.4, -0.2) is 28.4 Å². The van der Waals surface area contributed by atoms with Gasteiger partial charge in [-0.05, 0) is 18.1 Å². The van der Waals surface area contributed by atoms with E-state index in [0.717, 1.165) is 10.1 Å². The van der Waals surface area contributed by atoms with Gasteiger partial charge in [0.05, 0.1) is 13.2 Å². The van der Waals surface area contributed by atoms with Crippen molar-refractivity contribution >= 4 is 0 Å². The number of hydrogen-bond donors (Lipinski definition) is 2. The lowest BCUT2D eigenvalue weighted by atomic mass is 10.0. The van der Waals surface area contributed by atoms with Crippen molar-refractivity contribution in [2.24, 2.45) is 0 Å². The van der Waals surface area contributed by atoms with Crippen molar-refractivity contribution in [3.8, 4) is 17.0 Å². The summed E-state index contributed by atoms with van der Waals surface area (Å²) in [6.45, 7) is 2.25. The summed E-state index contributed by atoms with van der Waals surface area (Å²) in [5.41, 5.74) is 0.277. The van der Waals surface area contributed by atoms with Crippen LogP contribution in [-0.2, 0) is 11.3 Å². The van der Waals surface area contributed by atoms with Crippen molar-refractivity contribution in [2.75, 3.05) is 13.7 Å². The molecule has 2 N–H and O–H groups in total. The summed E-state index contributed by atoms with van der Waals surface area (Å²) in [4.78, 5) is 25.9. The van der Waals surface area contributed by atoms with E-state index in [1.54, 1.807) is 12.1 Å². The molecule has 0 amide bonds. The maximum Gasteiger partial charge on any atom is 0.331 e. The van der Waals surface area contributed by atoms with Crippen LogP contribution < -0.4 is 11.2 Å². The topological polar surface area (TPSA) is 84.3 Å². The second kappa shape index (κ2) is 5.75. The number of H-pyrrole nitrogens is 1. The van der Waals surface area contributed by atoms with Crippen molar-refractivity contribution in [3.05, 3.63) is 50.7 Å². The molecule has 2 rings (SSSR count). The van der Waals surface area contributed by atoms with Crippen LogP contribution in [0, 0.1) is 6.92 Å². The standard InChI is InChI=1S/C14H16N2O4/c1-9-5-3-4-6-10(9)11-12(17)15-14(19)16(13(11)18)7-8-20-2/h3-6,18H,7-8H2,1-2H3,(H,15,17,19). The zero-order chi connectivity index (χ0) is 14.7. The first-order valence-electron chi connectivity index (χ1n) is 6.17. The molecular weight excluding hydrogens is 260 g/mol. The van der Waals surface area contributed by atoms with Crippen molar-refractivity contribution in [1.82, 2.24) is 9.55 Å². The van der Waals surface area contributed by atoms with Gasteiger partial charge in [-0.1, -0.05) is 24.3 Å². The Morgan fingerprint density at radius 2 is 2.00 bits per heavy atom. The van der Waals surface area contributed by atoms with Crippen LogP contribution >= 0.6 is 0 Å². The number of hydrogen-bond acceptors (Lipinski definition) is 4. The summed E-state index contributed by atoms with van der Waals surface area (Å²) >= 11 is 0. The molecule has 1 aromatic carbocycles. The van der Waals surface area contributed by atoms with Crippen molar-refractivity contribution < 1.29 is 9.84 Å². The Bertz CT molecular complexity index is 731. The Hall–Kier alpha value is -2.34. The van der Waals surface area contributed by atoms with Gasteiger partial charge in [0.15, 0.2) is 0 Å². The number of methoxy groups -OCH3 is 1. The highest BCUT2D eigenvalue weighted by atomic mass is 16.5. The molecule has 0 radical (unpaired) electrons. The number of aromatic amines is 1. The normalized spacial score (nSPS) is 10.7. The Labute approximate surface area is 115 Å². The molecule has 0 saturated heterocycles. The Kier molecular flexibility index (Phi) is 4.05. The summed E-state index contributed by atoms with van der Waals surface area (Å²) in [5, 5.41) is 10.2. The predicted molar refractivity (Wildman–Crippen MR) is 75.0 cm³/mol. The summed E-state index contributed by atoms with van der Waals surface area (Å²) in [5.74, 6) is -0.342. The van der Waals surface area contributed by atoms with Crippen LogP contribution in [0.2, 0.25) is 0 Å². The summed E-state index contributed by atoms with van der Waals surface area (Å²) in [6, 6.07) is 7.17. The number of aromatic nitrogens is 2. The smallest absolute Gasteiger partial charge is 0.331 e. The second-order valence-corrected chi connectivity index (χ2v) is 4.42. The summed E-state index contributed by atoms with van der Waals surface area (Å²) in [6.07, 6.45) is 0. The number of aryl methyl sites for hydroxylation is 1. The highest BCUT2D eigenvalue weighted by Crippen LogP contribution is 2.26. The molecular formula is C14H16N2O4. The first-order valence-corrected chi connectivity index (χ1v) is 6.17. The number of nitrogens with zero attached hydrogens (tertiary/aromatic N) is 1. The highest BCUT2D eigenvalue weighted by molar-refractivity contribution is 5.70. The molecule has 1 aromatic heterocycles. The van der Waals surface area contributed by atoms with Gasteiger partial charge in [0.1, 0.15) is 5.56 Å². The van der Waals surface area contributed by atoms with Gasteiger partial charge in [0, 0.05) is 7.11 Å². The minimum absolute atomic E-state index is 0.0961. The van der Waals surface area contributed by atoms with Crippen LogP contribution in [0.5, 0.6) is 5.88 Å². The van der Waals surface area contributed by atoms with Crippen LogP contribution in [0.25, 0.3) is 11.1 Å². The largest absolute Gasteiger partial charge is 0.494 e.